The van der Waals surface area contributed by atoms with Crippen molar-refractivity contribution in [1.82, 2.24) is 0 Å². The Kier molecular flexibility index (Phi) is 8.17. The molecule has 2 rings (SSSR count). The molecule has 0 aliphatic heterocycles. The van der Waals surface area contributed by atoms with Crippen LogP contribution >= 0.6 is 35.6 Å². The molecule has 2 aromatic carbocycles. The number of hydrogen-bond acceptors (Lipinski definition) is 5. The first-order chi connectivity index (χ1) is 11.8. The molecule has 0 fully saturated rings. The van der Waals surface area contributed by atoms with Crippen molar-refractivity contribution in [3.05, 3.63) is 57.6 Å². The number of hydrogen-bond donors (Lipinski definition) is 3. The zero-order chi connectivity index (χ0) is 18.6. The minimum absolute atomic E-state index is 0. The molecule has 1 atom stereocenters. The van der Waals surface area contributed by atoms with Crippen LogP contribution in [0.5, 0.6) is 5.75 Å². The molecule has 0 aliphatic rings. The van der Waals surface area contributed by atoms with Gasteiger partial charge < -0.3 is 20.9 Å². The standard InChI is InChI=1S/C17H16Cl2N2O4.ClH/c1-25-17(24)14(20)6-9-2-4-10(5-3-9)21-16(23)15-12(18)7-11(22)8-13(15)19;/h2-5,7-8,14,22H,6,20H2,1H3,(H,21,23);1H/t14-;/m0./s1. The van der Waals surface area contributed by atoms with E-state index in [4.69, 9.17) is 28.9 Å². The van der Waals surface area contributed by atoms with Gasteiger partial charge in [-0.3, -0.25) is 9.59 Å². The number of nitrogens with one attached hydrogen (secondary N) is 1. The van der Waals surface area contributed by atoms with Gasteiger partial charge in [-0.2, -0.15) is 0 Å². The Morgan fingerprint density at radius 2 is 1.73 bits per heavy atom. The zero-order valence-corrected chi connectivity index (χ0v) is 16.0. The molecule has 0 radical (unpaired) electrons. The number of amides is 1. The quantitative estimate of drug-likeness (QED) is 0.645. The molecule has 9 heteroatoms. The highest BCUT2D eigenvalue weighted by atomic mass is 35.5. The highest BCUT2D eigenvalue weighted by molar-refractivity contribution is 6.40. The van der Waals surface area contributed by atoms with Crippen molar-refractivity contribution in [2.75, 3.05) is 12.4 Å². The summed E-state index contributed by atoms with van der Waals surface area (Å²) in [6.45, 7) is 0. The monoisotopic (exact) mass is 418 g/mol. The lowest BCUT2D eigenvalue weighted by molar-refractivity contribution is -0.142. The lowest BCUT2D eigenvalue weighted by Gasteiger charge is -2.11. The van der Waals surface area contributed by atoms with Gasteiger partial charge in [0.25, 0.3) is 5.91 Å². The van der Waals surface area contributed by atoms with Crippen molar-refractivity contribution in [3.8, 4) is 5.75 Å². The number of anilines is 1. The molecule has 0 saturated heterocycles. The topological polar surface area (TPSA) is 102 Å². The number of phenolic OH excluding ortho intramolecular Hbond substituents is 1. The van der Waals surface area contributed by atoms with Gasteiger partial charge in [-0.1, -0.05) is 35.3 Å². The van der Waals surface area contributed by atoms with E-state index in [1.165, 1.54) is 19.2 Å². The number of nitrogens with two attached hydrogens (primary N) is 1. The molecule has 0 spiro atoms. The lowest BCUT2D eigenvalue weighted by Crippen LogP contribution is -2.33. The number of carbonyl (C=O) groups is 2. The molecule has 6 nitrogen and oxygen atoms in total. The van der Waals surface area contributed by atoms with Crippen LogP contribution in [0.1, 0.15) is 15.9 Å². The summed E-state index contributed by atoms with van der Waals surface area (Å²) in [5.74, 6) is -1.12. The van der Waals surface area contributed by atoms with Gasteiger partial charge in [-0.25, -0.2) is 0 Å². The average Bonchev–Trinajstić information content (AvgIpc) is 2.54. The summed E-state index contributed by atoms with van der Waals surface area (Å²) < 4.78 is 4.58. The molecule has 0 aromatic heterocycles. The van der Waals surface area contributed by atoms with Crippen LogP contribution in [0.4, 0.5) is 5.69 Å². The maximum Gasteiger partial charge on any atom is 0.322 e. The molecule has 0 unspecified atom stereocenters. The molecule has 2 aromatic rings. The number of esters is 1. The van der Waals surface area contributed by atoms with E-state index in [1.54, 1.807) is 24.3 Å². The largest absolute Gasteiger partial charge is 0.508 e. The maximum atomic E-state index is 12.3. The number of rotatable bonds is 5. The number of benzene rings is 2. The van der Waals surface area contributed by atoms with Gasteiger partial charge in [0.1, 0.15) is 11.8 Å². The molecule has 1 amide bonds. The van der Waals surface area contributed by atoms with Crippen molar-refractivity contribution in [2.24, 2.45) is 5.73 Å². The number of phenols is 1. The number of halogens is 3. The Bertz CT molecular complexity index is 774. The summed E-state index contributed by atoms with van der Waals surface area (Å²) in [4.78, 5) is 23.6. The molecule has 26 heavy (non-hydrogen) atoms. The molecular formula is C17H17Cl3N2O4. The van der Waals surface area contributed by atoms with Crippen LogP contribution < -0.4 is 11.1 Å². The third kappa shape index (κ3) is 5.51. The van der Waals surface area contributed by atoms with Gasteiger partial charge in [-0.15, -0.1) is 12.4 Å². The van der Waals surface area contributed by atoms with Crippen LogP contribution in [0, 0.1) is 0 Å². The Hall–Kier alpha value is -1.99. The molecule has 140 valence electrons. The van der Waals surface area contributed by atoms with Crippen LogP contribution in [0.2, 0.25) is 10.0 Å². The van der Waals surface area contributed by atoms with Crippen LogP contribution in [-0.4, -0.2) is 30.1 Å². The van der Waals surface area contributed by atoms with E-state index in [0.717, 1.165) is 5.56 Å². The predicted octanol–water partition coefficient (Wildman–Crippen LogP) is 3.42. The second-order valence-electron chi connectivity index (χ2n) is 5.27. The van der Waals surface area contributed by atoms with Crippen molar-refractivity contribution in [2.45, 2.75) is 12.5 Å². The van der Waals surface area contributed by atoms with Gasteiger partial charge in [-0.05, 0) is 36.2 Å². The summed E-state index contributed by atoms with van der Waals surface area (Å²) in [7, 11) is 1.28. The lowest BCUT2D eigenvalue weighted by atomic mass is 10.1. The Labute approximate surface area is 166 Å². The molecular weight excluding hydrogens is 403 g/mol. The smallest absolute Gasteiger partial charge is 0.322 e. The summed E-state index contributed by atoms with van der Waals surface area (Å²) in [6.07, 6.45) is 0.316. The van der Waals surface area contributed by atoms with E-state index in [-0.39, 0.29) is 33.8 Å². The van der Waals surface area contributed by atoms with E-state index in [1.807, 2.05) is 0 Å². The predicted molar refractivity (Wildman–Crippen MR) is 103 cm³/mol. The van der Waals surface area contributed by atoms with E-state index in [2.05, 4.69) is 10.1 Å². The second-order valence-corrected chi connectivity index (χ2v) is 6.08. The minimum atomic E-state index is -0.750. The van der Waals surface area contributed by atoms with Crippen molar-refractivity contribution in [1.29, 1.82) is 0 Å². The SMILES string of the molecule is COC(=O)[C@@H](N)Cc1ccc(NC(=O)c2c(Cl)cc(O)cc2Cl)cc1.Cl. The normalized spacial score (nSPS) is 11.2. The number of aromatic hydroxyl groups is 1. The molecule has 0 heterocycles. The first-order valence-corrected chi connectivity index (χ1v) is 7.99. The maximum absolute atomic E-state index is 12.3. The van der Waals surface area contributed by atoms with E-state index >= 15 is 0 Å². The summed E-state index contributed by atoms with van der Waals surface area (Å²) in [5.41, 5.74) is 7.10. The highest BCUT2D eigenvalue weighted by Gasteiger charge is 2.17. The van der Waals surface area contributed by atoms with Crippen LogP contribution in [0.15, 0.2) is 36.4 Å². The average molecular weight is 420 g/mol. The molecule has 4 N–H and O–H groups in total. The Balaban J connectivity index is 0.00000338. The fourth-order valence-electron chi connectivity index (χ4n) is 2.18. The highest BCUT2D eigenvalue weighted by Crippen LogP contribution is 2.30. The number of methoxy groups -OCH3 is 1. The second kappa shape index (κ2) is 9.64. The van der Waals surface area contributed by atoms with Gasteiger partial charge in [0.05, 0.1) is 22.7 Å². The summed E-state index contributed by atoms with van der Waals surface area (Å²) >= 11 is 11.9. The van der Waals surface area contributed by atoms with Gasteiger partial charge in [0, 0.05) is 5.69 Å². The van der Waals surface area contributed by atoms with E-state index in [0.29, 0.717) is 12.1 Å². The molecule has 0 saturated carbocycles. The van der Waals surface area contributed by atoms with E-state index < -0.39 is 17.9 Å². The number of ether oxygens (including phenoxy) is 1. The first-order valence-electron chi connectivity index (χ1n) is 7.23. The van der Waals surface area contributed by atoms with Crippen molar-refractivity contribution >= 4 is 53.2 Å². The molecule has 0 aliphatic carbocycles. The Morgan fingerprint density at radius 1 is 1.19 bits per heavy atom. The third-order valence-corrected chi connectivity index (χ3v) is 4.02. The third-order valence-electron chi connectivity index (χ3n) is 3.43. The van der Waals surface area contributed by atoms with E-state index in [9.17, 15) is 14.7 Å². The summed E-state index contributed by atoms with van der Waals surface area (Å²) in [6, 6.07) is 8.52. The zero-order valence-electron chi connectivity index (χ0n) is 13.7. The van der Waals surface area contributed by atoms with Crippen LogP contribution in [0.3, 0.4) is 0 Å². The Morgan fingerprint density at radius 3 is 2.23 bits per heavy atom. The van der Waals surface area contributed by atoms with Gasteiger partial charge in [0.15, 0.2) is 0 Å². The minimum Gasteiger partial charge on any atom is -0.508 e. The first kappa shape index (κ1) is 22.1. The fourth-order valence-corrected chi connectivity index (χ4v) is 2.83. The molecule has 0 bridgehead atoms. The van der Waals surface area contributed by atoms with Crippen LogP contribution in [0.25, 0.3) is 0 Å². The van der Waals surface area contributed by atoms with Gasteiger partial charge >= 0.3 is 5.97 Å². The van der Waals surface area contributed by atoms with Crippen molar-refractivity contribution in [3.63, 3.8) is 0 Å². The van der Waals surface area contributed by atoms with Crippen LogP contribution in [-0.2, 0) is 16.0 Å². The summed E-state index contributed by atoms with van der Waals surface area (Å²) in [5, 5.41) is 12.2. The fraction of sp³-hybridized carbons (Fsp3) is 0.176. The van der Waals surface area contributed by atoms with Crippen molar-refractivity contribution < 1.29 is 19.4 Å². The van der Waals surface area contributed by atoms with Gasteiger partial charge in [0.2, 0.25) is 0 Å². The number of carbonyl (C=O) groups excluding carboxylic acids is 2.